The van der Waals surface area contributed by atoms with E-state index in [-0.39, 0.29) is 24.0 Å². The lowest BCUT2D eigenvalue weighted by molar-refractivity contribution is 0.166. The molecule has 1 saturated heterocycles. The van der Waals surface area contributed by atoms with Gasteiger partial charge in [0.15, 0.2) is 5.96 Å². The quantitative estimate of drug-likeness (QED) is 0.255. The topological polar surface area (TPSA) is 75.1 Å². The van der Waals surface area contributed by atoms with Crippen LogP contribution < -0.4 is 15.4 Å². The fourth-order valence-corrected chi connectivity index (χ4v) is 3.39. The number of aliphatic imine (C=N–C) groups is 1. The van der Waals surface area contributed by atoms with Crippen LogP contribution >= 0.6 is 24.0 Å². The molecule has 1 aliphatic rings. The lowest BCUT2D eigenvalue weighted by Gasteiger charge is -2.15. The third kappa shape index (κ3) is 8.57. The zero-order valence-corrected chi connectivity index (χ0v) is 20.7. The van der Waals surface area contributed by atoms with E-state index in [0.717, 1.165) is 62.0 Å². The van der Waals surface area contributed by atoms with Gasteiger partial charge >= 0.3 is 0 Å². The van der Waals surface area contributed by atoms with Gasteiger partial charge in [-0.2, -0.15) is 0 Å². The number of ether oxygens (including phenoxy) is 2. The molecule has 0 aliphatic carbocycles. The molecule has 6 nitrogen and oxygen atoms in total. The molecule has 0 aromatic heterocycles. The predicted molar refractivity (Wildman–Crippen MR) is 136 cm³/mol. The Morgan fingerprint density at radius 1 is 1.23 bits per heavy atom. The first-order valence-electron chi connectivity index (χ1n) is 10.7. The molecule has 1 unspecified atom stereocenters. The number of benzene rings is 2. The van der Waals surface area contributed by atoms with Crippen LogP contribution in [0, 0.1) is 12.8 Å². The van der Waals surface area contributed by atoms with E-state index >= 15 is 0 Å². The van der Waals surface area contributed by atoms with E-state index in [2.05, 4.69) is 42.7 Å². The Bertz CT molecular complexity index is 839. The molecule has 7 heteroatoms. The van der Waals surface area contributed by atoms with Crippen LogP contribution in [-0.4, -0.2) is 44.0 Å². The highest BCUT2D eigenvalue weighted by Gasteiger charge is 2.17. The first kappa shape index (κ1) is 25.3. The van der Waals surface area contributed by atoms with Crippen molar-refractivity contribution in [3.05, 3.63) is 59.2 Å². The minimum absolute atomic E-state index is 0. The summed E-state index contributed by atoms with van der Waals surface area (Å²) in [6, 6.07) is 13.6. The number of aromatic hydroxyl groups is 1. The maximum atomic E-state index is 9.60. The average molecular weight is 539 g/mol. The number of aryl methyl sites for hydroxylation is 1. The number of phenols is 1. The molecule has 1 aliphatic heterocycles. The molecule has 0 radical (unpaired) electrons. The number of guanidine groups is 1. The average Bonchev–Trinajstić information content (AvgIpc) is 3.25. The van der Waals surface area contributed by atoms with Crippen LogP contribution in [0.25, 0.3) is 0 Å². The summed E-state index contributed by atoms with van der Waals surface area (Å²) >= 11 is 0. The van der Waals surface area contributed by atoms with Crippen molar-refractivity contribution in [2.24, 2.45) is 10.9 Å². The van der Waals surface area contributed by atoms with Crippen LogP contribution in [-0.2, 0) is 17.7 Å². The van der Waals surface area contributed by atoms with E-state index in [0.29, 0.717) is 24.8 Å². The Kier molecular flexibility index (Phi) is 10.9. The zero-order chi connectivity index (χ0) is 21.2. The Morgan fingerprint density at radius 3 is 2.84 bits per heavy atom. The summed E-state index contributed by atoms with van der Waals surface area (Å²) in [5.41, 5.74) is 3.34. The van der Waals surface area contributed by atoms with Gasteiger partial charge in [-0.05, 0) is 56.0 Å². The lowest BCUT2D eigenvalue weighted by Crippen LogP contribution is -2.38. The van der Waals surface area contributed by atoms with Gasteiger partial charge in [0.05, 0.1) is 19.8 Å². The molecule has 1 atom stereocenters. The van der Waals surface area contributed by atoms with Crippen molar-refractivity contribution in [1.82, 2.24) is 10.6 Å². The van der Waals surface area contributed by atoms with Crippen molar-refractivity contribution in [3.8, 4) is 11.5 Å². The van der Waals surface area contributed by atoms with Crippen molar-refractivity contribution >= 4 is 29.9 Å². The number of rotatable bonds is 9. The third-order valence-electron chi connectivity index (χ3n) is 5.09. The van der Waals surface area contributed by atoms with Crippen molar-refractivity contribution in [3.63, 3.8) is 0 Å². The molecule has 1 heterocycles. The predicted octanol–water partition coefficient (Wildman–Crippen LogP) is 4.03. The SMILES string of the molecule is CCNC(=NCc1ccc(C)cc1OCC1CCOC1)NCCc1cccc(O)c1.I. The molecule has 2 aromatic rings. The number of nitrogens with zero attached hydrogens (tertiary/aromatic N) is 1. The summed E-state index contributed by atoms with van der Waals surface area (Å²) in [5, 5.41) is 16.3. The van der Waals surface area contributed by atoms with E-state index < -0.39 is 0 Å². The molecule has 0 amide bonds. The number of halogens is 1. The van der Waals surface area contributed by atoms with Crippen LogP contribution in [0.2, 0.25) is 0 Å². The van der Waals surface area contributed by atoms with Crippen LogP contribution in [0.3, 0.4) is 0 Å². The normalized spacial score (nSPS) is 15.9. The van der Waals surface area contributed by atoms with Gasteiger partial charge in [-0.3, -0.25) is 0 Å². The highest BCUT2D eigenvalue weighted by atomic mass is 127. The molecule has 31 heavy (non-hydrogen) atoms. The van der Waals surface area contributed by atoms with Gasteiger partial charge in [0.1, 0.15) is 11.5 Å². The van der Waals surface area contributed by atoms with Gasteiger partial charge in [0.2, 0.25) is 0 Å². The zero-order valence-electron chi connectivity index (χ0n) is 18.4. The first-order valence-corrected chi connectivity index (χ1v) is 10.7. The Balaban J connectivity index is 0.00000341. The second kappa shape index (κ2) is 13.4. The summed E-state index contributed by atoms with van der Waals surface area (Å²) in [7, 11) is 0. The maximum Gasteiger partial charge on any atom is 0.191 e. The van der Waals surface area contributed by atoms with E-state index in [9.17, 15) is 5.11 Å². The van der Waals surface area contributed by atoms with Crippen LogP contribution in [0.15, 0.2) is 47.5 Å². The van der Waals surface area contributed by atoms with Crippen molar-refractivity contribution < 1.29 is 14.6 Å². The molecule has 0 saturated carbocycles. The van der Waals surface area contributed by atoms with Crippen LogP contribution in [0.5, 0.6) is 11.5 Å². The van der Waals surface area contributed by atoms with Gasteiger partial charge in [0.25, 0.3) is 0 Å². The van der Waals surface area contributed by atoms with Gasteiger partial charge in [-0.25, -0.2) is 4.99 Å². The van der Waals surface area contributed by atoms with E-state index in [4.69, 9.17) is 14.5 Å². The van der Waals surface area contributed by atoms with Crippen molar-refractivity contribution in [1.29, 1.82) is 0 Å². The Morgan fingerprint density at radius 2 is 2.10 bits per heavy atom. The summed E-state index contributed by atoms with van der Waals surface area (Å²) in [5.74, 6) is 2.44. The van der Waals surface area contributed by atoms with Crippen LogP contribution in [0.4, 0.5) is 0 Å². The van der Waals surface area contributed by atoms with E-state index in [1.807, 2.05) is 12.1 Å². The van der Waals surface area contributed by atoms with Gasteiger partial charge in [0, 0.05) is 31.2 Å². The number of hydrogen-bond donors (Lipinski definition) is 3. The van der Waals surface area contributed by atoms with Crippen molar-refractivity contribution in [2.45, 2.75) is 33.2 Å². The Hall–Kier alpha value is -2.00. The highest BCUT2D eigenvalue weighted by Crippen LogP contribution is 2.23. The summed E-state index contributed by atoms with van der Waals surface area (Å²) in [6.45, 7) is 8.49. The Labute approximate surface area is 202 Å². The van der Waals surface area contributed by atoms with E-state index in [1.165, 1.54) is 5.56 Å². The monoisotopic (exact) mass is 539 g/mol. The molecule has 0 bridgehead atoms. The summed E-state index contributed by atoms with van der Waals surface area (Å²) in [4.78, 5) is 4.74. The first-order chi connectivity index (χ1) is 14.6. The van der Waals surface area contributed by atoms with Gasteiger partial charge in [-0.1, -0.05) is 24.3 Å². The molecule has 3 rings (SSSR count). The molecule has 2 aromatic carbocycles. The smallest absolute Gasteiger partial charge is 0.191 e. The molecule has 170 valence electrons. The number of phenolic OH excluding ortho intramolecular Hbond substituents is 1. The van der Waals surface area contributed by atoms with Gasteiger partial charge < -0.3 is 25.2 Å². The largest absolute Gasteiger partial charge is 0.508 e. The summed E-state index contributed by atoms with van der Waals surface area (Å²) in [6.07, 6.45) is 1.87. The van der Waals surface area contributed by atoms with Crippen LogP contribution in [0.1, 0.15) is 30.0 Å². The molecular weight excluding hydrogens is 505 g/mol. The lowest BCUT2D eigenvalue weighted by atomic mass is 10.1. The highest BCUT2D eigenvalue weighted by molar-refractivity contribution is 14.0. The molecule has 3 N–H and O–H groups in total. The minimum Gasteiger partial charge on any atom is -0.508 e. The minimum atomic E-state index is 0. The second-order valence-electron chi connectivity index (χ2n) is 7.69. The molecular formula is C24H34IN3O3. The number of nitrogens with one attached hydrogen (secondary N) is 2. The third-order valence-corrected chi connectivity index (χ3v) is 5.09. The number of hydrogen-bond acceptors (Lipinski definition) is 4. The maximum absolute atomic E-state index is 9.60. The second-order valence-corrected chi connectivity index (χ2v) is 7.69. The fourth-order valence-electron chi connectivity index (χ4n) is 3.39. The molecule has 0 spiro atoms. The van der Waals surface area contributed by atoms with Crippen molar-refractivity contribution in [2.75, 3.05) is 32.9 Å². The van der Waals surface area contributed by atoms with E-state index in [1.54, 1.807) is 12.1 Å². The fraction of sp³-hybridized carbons (Fsp3) is 0.458. The molecule has 1 fully saturated rings. The standard InChI is InChI=1S/C24H33N3O3.HI/c1-3-25-24(26-11-9-19-5-4-6-22(28)14-19)27-15-21-8-7-18(2)13-23(21)30-17-20-10-12-29-16-20;/h4-8,13-14,20,28H,3,9-12,15-17H2,1-2H3,(H2,25,26,27);1H. The van der Waals surface area contributed by atoms with Gasteiger partial charge in [-0.15, -0.1) is 24.0 Å². The summed E-state index contributed by atoms with van der Waals surface area (Å²) < 4.78 is 11.6.